The maximum atomic E-state index is 13.7. The van der Waals surface area contributed by atoms with Crippen molar-refractivity contribution in [3.8, 4) is 11.5 Å². The number of hydrogen-bond donors (Lipinski definition) is 1. The third kappa shape index (κ3) is 7.34. The highest BCUT2D eigenvalue weighted by Crippen LogP contribution is 2.29. The first-order chi connectivity index (χ1) is 18.2. The van der Waals surface area contributed by atoms with Gasteiger partial charge in [-0.05, 0) is 79.8 Å². The van der Waals surface area contributed by atoms with E-state index in [-0.39, 0.29) is 25.0 Å². The van der Waals surface area contributed by atoms with Crippen molar-refractivity contribution < 1.29 is 23.5 Å². The Balaban J connectivity index is 1.47. The average Bonchev–Trinajstić information content (AvgIpc) is 3.39. The van der Waals surface area contributed by atoms with Crippen molar-refractivity contribution in [3.05, 3.63) is 92.2 Å². The highest BCUT2D eigenvalue weighted by molar-refractivity contribution is 9.10. The van der Waals surface area contributed by atoms with E-state index in [9.17, 15) is 14.0 Å². The van der Waals surface area contributed by atoms with Crippen molar-refractivity contribution in [2.75, 3.05) is 13.2 Å². The van der Waals surface area contributed by atoms with E-state index < -0.39 is 11.8 Å². The smallest absolute Gasteiger partial charge is 0.312 e. The van der Waals surface area contributed by atoms with Gasteiger partial charge in [-0.1, -0.05) is 45.7 Å². The number of nitrogens with one attached hydrogen (secondary N) is 1. The van der Waals surface area contributed by atoms with Gasteiger partial charge in [-0.2, -0.15) is 0 Å². The van der Waals surface area contributed by atoms with Crippen LogP contribution in [0.25, 0.3) is 0 Å². The molecule has 0 radical (unpaired) electrons. The second-order valence-corrected chi connectivity index (χ2v) is 10.7. The molecule has 1 N–H and O–H groups in total. The molecule has 9 heteroatoms. The fourth-order valence-corrected chi connectivity index (χ4v) is 4.99. The van der Waals surface area contributed by atoms with Gasteiger partial charge < -0.3 is 19.7 Å². The number of nitrogens with zero attached hydrogens (tertiary/aromatic N) is 1. The highest BCUT2D eigenvalue weighted by Gasteiger charge is 2.27. The molecule has 38 heavy (non-hydrogen) atoms. The molecule has 1 atom stereocenters. The molecule has 0 bridgehead atoms. The lowest BCUT2D eigenvalue weighted by Crippen LogP contribution is -2.45. The maximum absolute atomic E-state index is 13.7. The van der Waals surface area contributed by atoms with Crippen molar-refractivity contribution in [1.29, 1.82) is 0 Å². The molecule has 200 valence electrons. The van der Waals surface area contributed by atoms with Gasteiger partial charge in [0.1, 0.15) is 17.3 Å². The molecular weight excluding hydrogens is 575 g/mol. The van der Waals surface area contributed by atoms with Gasteiger partial charge in [0.25, 0.3) is 0 Å². The average molecular weight is 604 g/mol. The fraction of sp³-hybridized carbons (Fsp3) is 0.310. The number of carbonyl (C=O) groups excluding carboxylic acids is 2. The number of benzene rings is 3. The van der Waals surface area contributed by atoms with Crippen molar-refractivity contribution in [3.63, 3.8) is 0 Å². The summed E-state index contributed by atoms with van der Waals surface area (Å²) in [4.78, 5) is 27.8. The van der Waals surface area contributed by atoms with E-state index in [1.807, 2.05) is 25.1 Å². The Morgan fingerprint density at radius 1 is 1.13 bits per heavy atom. The van der Waals surface area contributed by atoms with Gasteiger partial charge in [0.2, 0.25) is 0 Å². The quantitative estimate of drug-likeness (QED) is 0.300. The zero-order valence-electron chi connectivity index (χ0n) is 21.2. The second kappa shape index (κ2) is 12.7. The third-order valence-corrected chi connectivity index (χ3v) is 7.30. The lowest BCUT2D eigenvalue weighted by atomic mass is 10.1. The van der Waals surface area contributed by atoms with Crippen molar-refractivity contribution in [2.45, 2.75) is 45.9 Å². The van der Waals surface area contributed by atoms with Crippen molar-refractivity contribution in [1.82, 2.24) is 10.2 Å². The van der Waals surface area contributed by atoms with E-state index in [4.69, 9.17) is 21.1 Å². The normalized spacial score (nSPS) is 14.8. The zero-order valence-corrected chi connectivity index (χ0v) is 23.6. The fourth-order valence-electron chi connectivity index (χ4n) is 4.21. The van der Waals surface area contributed by atoms with Crippen LogP contribution in [0.5, 0.6) is 11.5 Å². The molecule has 0 aliphatic carbocycles. The zero-order chi connectivity index (χ0) is 27.2. The Bertz CT molecular complexity index is 1330. The first-order valence-corrected chi connectivity index (χ1v) is 13.5. The van der Waals surface area contributed by atoms with E-state index in [0.29, 0.717) is 40.8 Å². The molecule has 1 unspecified atom stereocenters. The standard InChI is InChI=1S/C29H29BrClFN2O4/c1-18-5-6-21(25(30)12-18)16-34(17-24-4-3-11-37-24)29(36)28(35)33-15-20-7-8-22(31)14-27(20)38-23-9-10-26(32)19(2)13-23/h5-10,12-14,24H,3-4,11,15-17H2,1-2H3,(H,33,35). The van der Waals surface area contributed by atoms with Crippen LogP contribution in [0.15, 0.2) is 59.1 Å². The molecule has 3 aromatic rings. The minimum atomic E-state index is -0.732. The topological polar surface area (TPSA) is 67.9 Å². The summed E-state index contributed by atoms with van der Waals surface area (Å²) < 4.78 is 26.2. The van der Waals surface area contributed by atoms with Crippen LogP contribution in [0.3, 0.4) is 0 Å². The van der Waals surface area contributed by atoms with Crippen LogP contribution in [0.2, 0.25) is 5.02 Å². The minimum Gasteiger partial charge on any atom is -0.457 e. The minimum absolute atomic E-state index is 0.0409. The predicted octanol–water partition coefficient (Wildman–Crippen LogP) is 6.47. The van der Waals surface area contributed by atoms with Crippen LogP contribution >= 0.6 is 27.5 Å². The van der Waals surface area contributed by atoms with Gasteiger partial charge in [0, 0.05) is 41.3 Å². The van der Waals surface area contributed by atoms with Gasteiger partial charge in [-0.3, -0.25) is 9.59 Å². The largest absolute Gasteiger partial charge is 0.457 e. The summed E-state index contributed by atoms with van der Waals surface area (Å²) in [6, 6.07) is 15.3. The molecule has 3 aromatic carbocycles. The van der Waals surface area contributed by atoms with Crippen molar-refractivity contribution in [2.24, 2.45) is 0 Å². The molecule has 2 amide bonds. The predicted molar refractivity (Wildman–Crippen MR) is 148 cm³/mol. The van der Waals surface area contributed by atoms with Gasteiger partial charge >= 0.3 is 11.8 Å². The van der Waals surface area contributed by atoms with E-state index in [0.717, 1.165) is 28.4 Å². The van der Waals surface area contributed by atoms with Crippen LogP contribution in [-0.2, 0) is 27.4 Å². The molecular formula is C29H29BrClFN2O4. The molecule has 6 nitrogen and oxygen atoms in total. The first kappa shape index (κ1) is 28.1. The van der Waals surface area contributed by atoms with E-state index in [1.54, 1.807) is 31.2 Å². The number of hydrogen-bond acceptors (Lipinski definition) is 4. The number of ether oxygens (including phenoxy) is 2. The van der Waals surface area contributed by atoms with Crippen molar-refractivity contribution >= 4 is 39.3 Å². The summed E-state index contributed by atoms with van der Waals surface area (Å²) in [7, 11) is 0. The summed E-state index contributed by atoms with van der Waals surface area (Å²) in [5.41, 5.74) is 3.05. The number of carbonyl (C=O) groups is 2. The molecule has 0 saturated carbocycles. The molecule has 0 spiro atoms. The lowest BCUT2D eigenvalue weighted by Gasteiger charge is -2.25. The summed E-state index contributed by atoms with van der Waals surface area (Å²) in [6.45, 7) is 4.92. The molecule has 1 aliphatic rings. The summed E-state index contributed by atoms with van der Waals surface area (Å²) in [6.07, 6.45) is 1.67. The lowest BCUT2D eigenvalue weighted by molar-refractivity contribution is -0.147. The maximum Gasteiger partial charge on any atom is 0.312 e. The van der Waals surface area contributed by atoms with Crippen LogP contribution < -0.4 is 10.1 Å². The highest BCUT2D eigenvalue weighted by atomic mass is 79.9. The Morgan fingerprint density at radius 2 is 1.92 bits per heavy atom. The molecule has 1 saturated heterocycles. The monoisotopic (exact) mass is 602 g/mol. The van der Waals surface area contributed by atoms with Gasteiger partial charge in [0.05, 0.1) is 6.10 Å². The number of aryl methyl sites for hydroxylation is 2. The van der Waals surface area contributed by atoms with E-state index >= 15 is 0 Å². The van der Waals surface area contributed by atoms with Gasteiger partial charge in [-0.15, -0.1) is 0 Å². The van der Waals surface area contributed by atoms with Crippen LogP contribution in [0, 0.1) is 19.7 Å². The van der Waals surface area contributed by atoms with Crippen LogP contribution in [0.1, 0.15) is 35.1 Å². The molecule has 1 fully saturated rings. The molecule has 0 aromatic heterocycles. The number of halogens is 3. The number of amides is 2. The first-order valence-electron chi connectivity index (χ1n) is 12.4. The van der Waals surface area contributed by atoms with Crippen LogP contribution in [-0.4, -0.2) is 36.0 Å². The summed E-state index contributed by atoms with van der Waals surface area (Å²) >= 11 is 9.74. The Morgan fingerprint density at radius 3 is 2.63 bits per heavy atom. The SMILES string of the molecule is Cc1ccc(CN(CC2CCCO2)C(=O)C(=O)NCc2ccc(Cl)cc2Oc2ccc(F)c(C)c2)c(Br)c1. The molecule has 1 heterocycles. The van der Waals surface area contributed by atoms with E-state index in [2.05, 4.69) is 21.2 Å². The molecule has 4 rings (SSSR count). The summed E-state index contributed by atoms with van der Waals surface area (Å²) in [5, 5.41) is 3.16. The Labute approximate surface area is 235 Å². The Hall–Kier alpha value is -2.94. The molecule has 1 aliphatic heterocycles. The van der Waals surface area contributed by atoms with Gasteiger partial charge in [0.15, 0.2) is 0 Å². The second-order valence-electron chi connectivity index (χ2n) is 9.36. The van der Waals surface area contributed by atoms with E-state index in [1.165, 1.54) is 17.0 Å². The number of rotatable bonds is 8. The third-order valence-electron chi connectivity index (χ3n) is 6.33. The summed E-state index contributed by atoms with van der Waals surface area (Å²) in [5.74, 6) is -0.875. The Kier molecular flexibility index (Phi) is 9.41. The van der Waals surface area contributed by atoms with Gasteiger partial charge in [-0.25, -0.2) is 4.39 Å². The van der Waals surface area contributed by atoms with Crippen LogP contribution in [0.4, 0.5) is 4.39 Å².